The van der Waals surface area contributed by atoms with Gasteiger partial charge in [0.2, 0.25) is 5.78 Å². The van der Waals surface area contributed by atoms with Crippen LogP contribution in [0.1, 0.15) is 13.3 Å². The summed E-state index contributed by atoms with van der Waals surface area (Å²) in [6.07, 6.45) is 0.312. The highest BCUT2D eigenvalue weighted by atomic mass is 16.5. The van der Waals surface area contributed by atoms with E-state index in [1.165, 1.54) is 4.90 Å². The molecule has 1 aliphatic heterocycles. The second-order valence-corrected chi connectivity index (χ2v) is 3.56. The first-order valence-electron chi connectivity index (χ1n) is 5.30. The third-order valence-electron chi connectivity index (χ3n) is 2.51. The summed E-state index contributed by atoms with van der Waals surface area (Å²) in [5, 5.41) is 0. The topological polar surface area (TPSA) is 46.6 Å². The molecular formula is C12H13NO3. The molecule has 1 amide bonds. The van der Waals surface area contributed by atoms with Gasteiger partial charge in [0.05, 0.1) is 6.61 Å². The first-order valence-corrected chi connectivity index (χ1v) is 5.30. The van der Waals surface area contributed by atoms with Gasteiger partial charge in [0.25, 0.3) is 5.91 Å². The van der Waals surface area contributed by atoms with Crippen LogP contribution in [0, 0.1) is 0 Å². The van der Waals surface area contributed by atoms with Crippen LogP contribution in [0.15, 0.2) is 24.3 Å². The summed E-state index contributed by atoms with van der Waals surface area (Å²) in [4.78, 5) is 24.1. The molecule has 1 aliphatic rings. The van der Waals surface area contributed by atoms with Crippen LogP contribution in [-0.4, -0.2) is 24.8 Å². The molecule has 0 unspecified atom stereocenters. The highest BCUT2D eigenvalue weighted by Crippen LogP contribution is 2.22. The third-order valence-corrected chi connectivity index (χ3v) is 2.51. The number of hydrogen-bond donors (Lipinski definition) is 0. The van der Waals surface area contributed by atoms with Crippen LogP contribution in [0.5, 0.6) is 5.75 Å². The van der Waals surface area contributed by atoms with E-state index in [0.717, 1.165) is 11.4 Å². The van der Waals surface area contributed by atoms with Crippen LogP contribution in [0.4, 0.5) is 5.69 Å². The van der Waals surface area contributed by atoms with Gasteiger partial charge in [-0.15, -0.1) is 0 Å². The maximum atomic E-state index is 11.5. The number of carbonyl (C=O) groups is 2. The van der Waals surface area contributed by atoms with Gasteiger partial charge < -0.3 is 9.64 Å². The lowest BCUT2D eigenvalue weighted by Crippen LogP contribution is -2.26. The zero-order chi connectivity index (χ0) is 11.5. The van der Waals surface area contributed by atoms with Crippen molar-refractivity contribution in [2.45, 2.75) is 13.3 Å². The molecule has 0 N–H and O–H groups in total. The molecule has 0 bridgehead atoms. The Labute approximate surface area is 93.8 Å². The highest BCUT2D eigenvalue weighted by Gasteiger charge is 2.30. The van der Waals surface area contributed by atoms with Crippen LogP contribution in [0.3, 0.4) is 0 Å². The molecule has 16 heavy (non-hydrogen) atoms. The van der Waals surface area contributed by atoms with E-state index in [1.54, 1.807) is 24.3 Å². The van der Waals surface area contributed by atoms with Gasteiger partial charge >= 0.3 is 0 Å². The summed E-state index contributed by atoms with van der Waals surface area (Å²) < 4.78 is 5.30. The summed E-state index contributed by atoms with van der Waals surface area (Å²) >= 11 is 0. The summed E-state index contributed by atoms with van der Waals surface area (Å²) in [5.74, 6) is 0.0438. The second kappa shape index (κ2) is 4.35. The molecule has 0 aromatic heterocycles. The summed E-state index contributed by atoms with van der Waals surface area (Å²) in [7, 11) is 0. The van der Waals surface area contributed by atoms with E-state index >= 15 is 0 Å². The van der Waals surface area contributed by atoms with Crippen LogP contribution in [0.25, 0.3) is 0 Å². The first kappa shape index (κ1) is 10.7. The van der Waals surface area contributed by atoms with Gasteiger partial charge in [-0.3, -0.25) is 9.59 Å². The zero-order valence-electron chi connectivity index (χ0n) is 9.10. The predicted molar refractivity (Wildman–Crippen MR) is 59.6 cm³/mol. The van der Waals surface area contributed by atoms with Crippen molar-refractivity contribution in [3.05, 3.63) is 24.3 Å². The van der Waals surface area contributed by atoms with Crippen molar-refractivity contribution in [3.8, 4) is 5.75 Å². The normalized spacial score (nSPS) is 15.7. The molecule has 4 heteroatoms. The lowest BCUT2D eigenvalue weighted by molar-refractivity contribution is -0.133. The molecule has 1 saturated heterocycles. The molecule has 4 nitrogen and oxygen atoms in total. The van der Waals surface area contributed by atoms with Gasteiger partial charge in [0, 0.05) is 18.7 Å². The van der Waals surface area contributed by atoms with Gasteiger partial charge in [-0.1, -0.05) is 0 Å². The fourth-order valence-electron chi connectivity index (χ4n) is 1.71. The van der Waals surface area contributed by atoms with E-state index in [9.17, 15) is 9.59 Å². The Kier molecular flexibility index (Phi) is 2.90. The molecular weight excluding hydrogens is 206 g/mol. The van der Waals surface area contributed by atoms with Crippen molar-refractivity contribution < 1.29 is 14.3 Å². The molecule has 2 rings (SSSR count). The Morgan fingerprint density at radius 3 is 2.44 bits per heavy atom. The van der Waals surface area contributed by atoms with Crippen molar-refractivity contribution in [1.29, 1.82) is 0 Å². The Bertz CT molecular complexity index is 411. The number of amides is 1. The lowest BCUT2D eigenvalue weighted by atomic mass is 10.3. The monoisotopic (exact) mass is 219 g/mol. The molecule has 84 valence electrons. The SMILES string of the molecule is CCOc1ccc(N2CCC(=O)C2=O)cc1. The van der Waals surface area contributed by atoms with Crippen molar-refractivity contribution in [2.24, 2.45) is 0 Å². The van der Waals surface area contributed by atoms with E-state index in [2.05, 4.69) is 0 Å². The van der Waals surface area contributed by atoms with Gasteiger partial charge in [0.1, 0.15) is 5.75 Å². The molecule has 0 spiro atoms. The number of ether oxygens (including phenoxy) is 1. The largest absolute Gasteiger partial charge is 0.494 e. The fourth-order valence-corrected chi connectivity index (χ4v) is 1.71. The standard InChI is InChI=1S/C12H13NO3/c1-2-16-10-5-3-9(4-6-10)13-8-7-11(14)12(13)15/h3-6H,2,7-8H2,1H3. The average molecular weight is 219 g/mol. The molecule has 0 saturated carbocycles. The summed E-state index contributed by atoms with van der Waals surface area (Å²) in [6, 6.07) is 7.19. The number of benzene rings is 1. The number of hydrogen-bond acceptors (Lipinski definition) is 3. The minimum absolute atomic E-state index is 0.311. The minimum atomic E-state index is -0.413. The highest BCUT2D eigenvalue weighted by molar-refractivity contribution is 6.43. The Balaban J connectivity index is 2.16. The van der Waals surface area contributed by atoms with E-state index in [0.29, 0.717) is 19.6 Å². The van der Waals surface area contributed by atoms with Gasteiger partial charge in [-0.2, -0.15) is 0 Å². The van der Waals surface area contributed by atoms with Crippen LogP contribution < -0.4 is 9.64 Å². The fraction of sp³-hybridized carbons (Fsp3) is 0.333. The third kappa shape index (κ3) is 1.91. The van der Waals surface area contributed by atoms with Gasteiger partial charge in [-0.05, 0) is 31.2 Å². The number of ketones is 1. The molecule has 1 aromatic rings. The van der Waals surface area contributed by atoms with Crippen molar-refractivity contribution in [3.63, 3.8) is 0 Å². The molecule has 1 fully saturated rings. The number of anilines is 1. The summed E-state index contributed by atoms with van der Waals surface area (Å²) in [6.45, 7) is 3.00. The average Bonchev–Trinajstić information content (AvgIpc) is 2.62. The Hall–Kier alpha value is -1.84. The molecule has 0 atom stereocenters. The molecule has 1 heterocycles. The second-order valence-electron chi connectivity index (χ2n) is 3.56. The van der Waals surface area contributed by atoms with Crippen molar-refractivity contribution >= 4 is 17.4 Å². The maximum absolute atomic E-state index is 11.5. The van der Waals surface area contributed by atoms with Crippen LogP contribution >= 0.6 is 0 Å². The van der Waals surface area contributed by atoms with E-state index < -0.39 is 5.91 Å². The summed E-state index contributed by atoms with van der Waals surface area (Å²) in [5.41, 5.74) is 0.749. The maximum Gasteiger partial charge on any atom is 0.294 e. The zero-order valence-corrected chi connectivity index (χ0v) is 9.10. The van der Waals surface area contributed by atoms with E-state index in [1.807, 2.05) is 6.92 Å². The predicted octanol–water partition coefficient (Wildman–Crippen LogP) is 1.39. The molecule has 0 radical (unpaired) electrons. The Morgan fingerprint density at radius 2 is 1.94 bits per heavy atom. The Morgan fingerprint density at radius 1 is 1.25 bits per heavy atom. The van der Waals surface area contributed by atoms with Gasteiger partial charge in [0.15, 0.2) is 0 Å². The quantitative estimate of drug-likeness (QED) is 0.722. The van der Waals surface area contributed by atoms with E-state index in [-0.39, 0.29) is 5.78 Å². The van der Waals surface area contributed by atoms with Crippen molar-refractivity contribution in [1.82, 2.24) is 0 Å². The molecule has 1 aromatic carbocycles. The number of nitrogens with zero attached hydrogens (tertiary/aromatic N) is 1. The smallest absolute Gasteiger partial charge is 0.294 e. The van der Waals surface area contributed by atoms with Crippen molar-refractivity contribution in [2.75, 3.05) is 18.1 Å². The lowest BCUT2D eigenvalue weighted by Gasteiger charge is -2.14. The van der Waals surface area contributed by atoms with Gasteiger partial charge in [-0.25, -0.2) is 0 Å². The van der Waals surface area contributed by atoms with Crippen LogP contribution in [0.2, 0.25) is 0 Å². The molecule has 0 aliphatic carbocycles. The minimum Gasteiger partial charge on any atom is -0.494 e. The first-order chi connectivity index (χ1) is 7.72. The van der Waals surface area contributed by atoms with E-state index in [4.69, 9.17) is 4.74 Å². The number of carbonyl (C=O) groups excluding carboxylic acids is 2. The number of rotatable bonds is 3. The van der Waals surface area contributed by atoms with Crippen LogP contribution in [-0.2, 0) is 9.59 Å². The number of Topliss-reactive ketones (excluding diaryl/α,β-unsaturated/α-hetero) is 1.